The first-order valence-corrected chi connectivity index (χ1v) is 16.6. The second-order valence-corrected chi connectivity index (χ2v) is 24.8. The Balaban J connectivity index is 2.83. The third-order valence-electron chi connectivity index (χ3n) is 7.41. The molecule has 0 radical (unpaired) electrons. The maximum absolute atomic E-state index is 7.31. The van der Waals surface area contributed by atoms with Gasteiger partial charge in [-0.05, 0) is 44.4 Å². The SMILES string of the molecule is CC(C)(C)[Si](C[Si](Oc1ccccc1)(C(C)(C)C)C(C)(C)C)(Oc1ccccc1)C(C)(C)C. The Bertz CT molecular complexity index is 776. The smallest absolute Gasteiger partial charge is 0.262 e. The lowest BCUT2D eigenvalue weighted by molar-refractivity contribution is 0.394. The highest BCUT2D eigenvalue weighted by atomic mass is 28.4. The predicted octanol–water partition coefficient (Wildman–Crippen LogP) is 9.77. The fraction of sp³-hybridized carbons (Fsp3) is 0.586. The molecule has 2 nitrogen and oxygen atoms in total. The van der Waals surface area contributed by atoms with E-state index in [2.05, 4.69) is 144 Å². The minimum absolute atomic E-state index is 0.00981. The van der Waals surface area contributed by atoms with E-state index < -0.39 is 16.6 Å². The molecule has 0 unspecified atom stereocenters. The van der Waals surface area contributed by atoms with Crippen molar-refractivity contribution in [2.24, 2.45) is 0 Å². The summed E-state index contributed by atoms with van der Waals surface area (Å²) in [5, 5.41) is 0.0392. The van der Waals surface area contributed by atoms with Gasteiger partial charge in [0.25, 0.3) is 16.6 Å². The number of hydrogen-bond donors (Lipinski definition) is 0. The van der Waals surface area contributed by atoms with Crippen LogP contribution >= 0.6 is 0 Å². The lowest BCUT2D eigenvalue weighted by atomic mass is 10.2. The Kier molecular flexibility index (Phi) is 7.78. The molecule has 0 saturated heterocycles. The molecule has 0 saturated carbocycles. The van der Waals surface area contributed by atoms with E-state index in [-0.39, 0.29) is 20.2 Å². The largest absolute Gasteiger partial charge is 0.543 e. The molecular weight excluding hydrogens is 436 g/mol. The standard InChI is InChI=1S/C29H48O2Si2/c1-26(2,3)32(27(4,5)6,30-24-19-15-13-16-20-24)23-33(28(7,8)9,29(10,11)12)31-25-21-17-14-18-22-25/h13-22H,23H2,1-12H3. The molecule has 0 aliphatic carbocycles. The quantitative estimate of drug-likeness (QED) is 0.380. The highest BCUT2D eigenvalue weighted by Crippen LogP contribution is 2.62. The van der Waals surface area contributed by atoms with Crippen LogP contribution in [0.4, 0.5) is 0 Å². The molecule has 0 fully saturated rings. The van der Waals surface area contributed by atoms with E-state index >= 15 is 0 Å². The Hall–Kier alpha value is -1.53. The molecule has 2 aromatic rings. The van der Waals surface area contributed by atoms with Crippen molar-refractivity contribution in [3.8, 4) is 11.5 Å². The second-order valence-electron chi connectivity index (χ2n) is 13.7. The number of para-hydroxylation sites is 2. The summed E-state index contributed by atoms with van der Waals surface area (Å²) in [6.07, 6.45) is 0. The van der Waals surface area contributed by atoms with Crippen LogP contribution in [0, 0.1) is 0 Å². The average Bonchev–Trinajstić information content (AvgIpc) is 2.64. The molecule has 4 heteroatoms. The number of hydrogen-bond acceptors (Lipinski definition) is 2. The summed E-state index contributed by atoms with van der Waals surface area (Å²) in [6.45, 7) is 28.7. The van der Waals surface area contributed by atoms with Crippen LogP contribution in [-0.2, 0) is 0 Å². The first-order chi connectivity index (χ1) is 14.9. The van der Waals surface area contributed by atoms with Gasteiger partial charge in [0, 0.05) is 5.67 Å². The molecule has 33 heavy (non-hydrogen) atoms. The Morgan fingerprint density at radius 1 is 0.455 bits per heavy atom. The minimum Gasteiger partial charge on any atom is -0.543 e. The molecule has 0 N–H and O–H groups in total. The van der Waals surface area contributed by atoms with Gasteiger partial charge in [-0.1, -0.05) is 119 Å². The van der Waals surface area contributed by atoms with Crippen LogP contribution in [0.3, 0.4) is 0 Å². The van der Waals surface area contributed by atoms with E-state index in [0.29, 0.717) is 0 Å². The third kappa shape index (κ3) is 5.59. The van der Waals surface area contributed by atoms with Gasteiger partial charge in [-0.25, -0.2) is 0 Å². The lowest BCUT2D eigenvalue weighted by Crippen LogP contribution is -2.68. The Morgan fingerprint density at radius 3 is 0.909 bits per heavy atom. The van der Waals surface area contributed by atoms with Gasteiger partial charge in [0.05, 0.1) is 0 Å². The maximum atomic E-state index is 7.31. The monoisotopic (exact) mass is 484 g/mol. The zero-order chi connectivity index (χ0) is 25.3. The maximum Gasteiger partial charge on any atom is 0.262 e. The van der Waals surface area contributed by atoms with Crippen molar-refractivity contribution in [1.82, 2.24) is 0 Å². The molecular formula is C29H48O2Si2. The van der Waals surface area contributed by atoms with Crippen molar-refractivity contribution < 1.29 is 8.85 Å². The molecule has 184 valence electrons. The zero-order valence-corrected chi connectivity index (χ0v) is 25.3. The fourth-order valence-corrected chi connectivity index (χ4v) is 24.4. The zero-order valence-electron chi connectivity index (χ0n) is 23.3. The van der Waals surface area contributed by atoms with Gasteiger partial charge in [-0.15, -0.1) is 0 Å². The van der Waals surface area contributed by atoms with Gasteiger partial charge in [-0.2, -0.15) is 0 Å². The van der Waals surface area contributed by atoms with Crippen LogP contribution in [0.15, 0.2) is 60.7 Å². The van der Waals surface area contributed by atoms with Crippen molar-refractivity contribution in [3.05, 3.63) is 60.7 Å². The van der Waals surface area contributed by atoms with Gasteiger partial charge in [0.15, 0.2) is 0 Å². The molecule has 0 atom stereocenters. The molecule has 0 aliphatic heterocycles. The van der Waals surface area contributed by atoms with E-state index in [1.165, 1.54) is 0 Å². The number of benzene rings is 2. The first kappa shape index (κ1) is 27.7. The average molecular weight is 485 g/mol. The summed E-state index contributed by atoms with van der Waals surface area (Å²) in [4.78, 5) is 0. The van der Waals surface area contributed by atoms with Crippen molar-refractivity contribution in [2.45, 2.75) is 109 Å². The van der Waals surface area contributed by atoms with Gasteiger partial charge < -0.3 is 8.85 Å². The molecule has 0 amide bonds. The van der Waals surface area contributed by atoms with Crippen LogP contribution in [0.5, 0.6) is 11.5 Å². The summed E-state index contributed by atoms with van der Waals surface area (Å²) < 4.78 is 14.6. The summed E-state index contributed by atoms with van der Waals surface area (Å²) in [5.41, 5.74) is 1.02. The molecule has 0 heterocycles. The van der Waals surface area contributed by atoms with Crippen LogP contribution < -0.4 is 8.85 Å². The van der Waals surface area contributed by atoms with Gasteiger partial charge >= 0.3 is 0 Å². The fourth-order valence-electron chi connectivity index (χ4n) is 5.73. The number of rotatable bonds is 6. The molecule has 2 rings (SSSR count). The van der Waals surface area contributed by atoms with Gasteiger partial charge in [0.1, 0.15) is 11.5 Å². The minimum atomic E-state index is -2.51. The summed E-state index contributed by atoms with van der Waals surface area (Å²) in [6, 6.07) is 20.9. The van der Waals surface area contributed by atoms with Crippen LogP contribution in [0.1, 0.15) is 83.1 Å². The van der Waals surface area contributed by atoms with Crippen LogP contribution in [-0.4, -0.2) is 16.6 Å². The second kappa shape index (κ2) is 9.26. The molecule has 0 aromatic heterocycles. The third-order valence-corrected chi connectivity index (χ3v) is 22.3. The van der Waals surface area contributed by atoms with Crippen molar-refractivity contribution in [1.29, 1.82) is 0 Å². The summed E-state index contributed by atoms with van der Waals surface area (Å²) in [5.74, 6) is 1.97. The Labute approximate surface area is 206 Å². The van der Waals surface area contributed by atoms with E-state index in [9.17, 15) is 0 Å². The first-order valence-electron chi connectivity index (χ1n) is 12.3. The topological polar surface area (TPSA) is 18.5 Å². The van der Waals surface area contributed by atoms with Gasteiger partial charge in [0.2, 0.25) is 0 Å². The van der Waals surface area contributed by atoms with Crippen molar-refractivity contribution >= 4 is 16.6 Å². The van der Waals surface area contributed by atoms with Crippen LogP contribution in [0.2, 0.25) is 25.8 Å². The van der Waals surface area contributed by atoms with E-state index in [0.717, 1.165) is 17.2 Å². The van der Waals surface area contributed by atoms with E-state index in [1.807, 2.05) is 0 Å². The molecule has 0 spiro atoms. The van der Waals surface area contributed by atoms with Crippen LogP contribution in [0.25, 0.3) is 0 Å². The van der Waals surface area contributed by atoms with Gasteiger partial charge in [-0.3, -0.25) is 0 Å². The highest BCUT2D eigenvalue weighted by molar-refractivity contribution is 6.97. The predicted molar refractivity (Wildman–Crippen MR) is 149 cm³/mol. The summed E-state index contributed by atoms with van der Waals surface area (Å²) in [7, 11) is -5.02. The summed E-state index contributed by atoms with van der Waals surface area (Å²) >= 11 is 0. The normalized spacial score (nSPS) is 14.2. The highest BCUT2D eigenvalue weighted by Gasteiger charge is 2.68. The van der Waals surface area contributed by atoms with E-state index in [1.54, 1.807) is 0 Å². The Morgan fingerprint density at radius 2 is 0.697 bits per heavy atom. The van der Waals surface area contributed by atoms with Crippen molar-refractivity contribution in [2.75, 3.05) is 0 Å². The van der Waals surface area contributed by atoms with E-state index in [4.69, 9.17) is 8.85 Å². The molecule has 0 aliphatic rings. The molecule has 2 aromatic carbocycles. The lowest BCUT2D eigenvalue weighted by Gasteiger charge is -2.58. The molecule has 0 bridgehead atoms. The van der Waals surface area contributed by atoms with Crippen molar-refractivity contribution in [3.63, 3.8) is 0 Å².